The lowest BCUT2D eigenvalue weighted by Gasteiger charge is -2.05. The Morgan fingerprint density at radius 2 is 2.28 bits per heavy atom. The van der Waals surface area contributed by atoms with Crippen LogP contribution in [-0.4, -0.2) is 15.7 Å². The SMILES string of the molecule is Cn1ncc(C(N)=O)c1-c1ccc(C#N)c(Cl)c1. The Labute approximate surface area is 108 Å². The highest BCUT2D eigenvalue weighted by Crippen LogP contribution is 2.27. The number of hydrogen-bond acceptors (Lipinski definition) is 3. The summed E-state index contributed by atoms with van der Waals surface area (Å²) < 4.78 is 1.54. The van der Waals surface area contributed by atoms with Gasteiger partial charge >= 0.3 is 0 Å². The van der Waals surface area contributed by atoms with Crippen molar-refractivity contribution in [2.45, 2.75) is 0 Å². The van der Waals surface area contributed by atoms with E-state index >= 15 is 0 Å². The van der Waals surface area contributed by atoms with E-state index in [0.29, 0.717) is 27.4 Å². The summed E-state index contributed by atoms with van der Waals surface area (Å²) in [5.74, 6) is -0.557. The molecule has 1 heterocycles. The molecule has 90 valence electrons. The Kier molecular flexibility index (Phi) is 3.04. The maximum absolute atomic E-state index is 11.3. The number of rotatable bonds is 2. The van der Waals surface area contributed by atoms with Crippen LogP contribution in [0.3, 0.4) is 0 Å². The molecule has 0 fully saturated rings. The molecular formula is C12H9ClN4O. The Bertz CT molecular complexity index is 669. The van der Waals surface area contributed by atoms with Crippen molar-refractivity contribution in [2.24, 2.45) is 12.8 Å². The number of primary amides is 1. The van der Waals surface area contributed by atoms with E-state index in [2.05, 4.69) is 5.10 Å². The highest BCUT2D eigenvalue weighted by Gasteiger charge is 2.16. The summed E-state index contributed by atoms with van der Waals surface area (Å²) in [5, 5.41) is 13.1. The van der Waals surface area contributed by atoms with Gasteiger partial charge in [-0.25, -0.2) is 0 Å². The van der Waals surface area contributed by atoms with Gasteiger partial charge in [0.25, 0.3) is 5.91 Å². The summed E-state index contributed by atoms with van der Waals surface area (Å²) in [6.45, 7) is 0. The Hall–Kier alpha value is -2.32. The Morgan fingerprint density at radius 1 is 1.56 bits per heavy atom. The molecule has 1 aromatic carbocycles. The number of carbonyl (C=O) groups is 1. The van der Waals surface area contributed by atoms with Gasteiger partial charge in [0.05, 0.1) is 28.0 Å². The van der Waals surface area contributed by atoms with E-state index in [-0.39, 0.29) is 0 Å². The van der Waals surface area contributed by atoms with Crippen molar-refractivity contribution in [1.29, 1.82) is 5.26 Å². The number of halogens is 1. The average molecular weight is 261 g/mol. The molecule has 0 saturated heterocycles. The van der Waals surface area contributed by atoms with E-state index in [1.165, 1.54) is 10.9 Å². The van der Waals surface area contributed by atoms with Crippen LogP contribution in [0.5, 0.6) is 0 Å². The number of nitrogens with zero attached hydrogens (tertiary/aromatic N) is 3. The van der Waals surface area contributed by atoms with E-state index in [1.807, 2.05) is 6.07 Å². The molecule has 1 amide bonds. The van der Waals surface area contributed by atoms with E-state index in [1.54, 1.807) is 25.2 Å². The topological polar surface area (TPSA) is 84.7 Å². The molecular weight excluding hydrogens is 252 g/mol. The molecule has 0 spiro atoms. The summed E-state index contributed by atoms with van der Waals surface area (Å²) in [6.07, 6.45) is 1.41. The summed E-state index contributed by atoms with van der Waals surface area (Å²) in [4.78, 5) is 11.3. The highest BCUT2D eigenvalue weighted by molar-refractivity contribution is 6.32. The van der Waals surface area contributed by atoms with E-state index in [4.69, 9.17) is 22.6 Å². The molecule has 0 aliphatic rings. The van der Waals surface area contributed by atoms with Gasteiger partial charge < -0.3 is 5.73 Å². The average Bonchev–Trinajstić information content (AvgIpc) is 2.71. The highest BCUT2D eigenvalue weighted by atomic mass is 35.5. The van der Waals surface area contributed by atoms with Crippen LogP contribution in [0.2, 0.25) is 5.02 Å². The number of benzene rings is 1. The van der Waals surface area contributed by atoms with Gasteiger partial charge in [0.15, 0.2) is 0 Å². The second kappa shape index (κ2) is 4.51. The fourth-order valence-corrected chi connectivity index (χ4v) is 1.94. The zero-order valence-corrected chi connectivity index (χ0v) is 10.3. The lowest BCUT2D eigenvalue weighted by atomic mass is 10.1. The number of amides is 1. The van der Waals surface area contributed by atoms with Crippen LogP contribution >= 0.6 is 11.6 Å². The molecule has 5 nitrogen and oxygen atoms in total. The van der Waals surface area contributed by atoms with Crippen LogP contribution in [0.1, 0.15) is 15.9 Å². The smallest absolute Gasteiger partial charge is 0.252 e. The van der Waals surface area contributed by atoms with Crippen LogP contribution in [0.4, 0.5) is 0 Å². The molecule has 2 rings (SSSR count). The number of nitriles is 1. The Balaban J connectivity index is 2.63. The maximum Gasteiger partial charge on any atom is 0.252 e. The molecule has 0 aliphatic heterocycles. The lowest BCUT2D eigenvalue weighted by molar-refractivity contribution is 0.100. The molecule has 0 aliphatic carbocycles. The fraction of sp³-hybridized carbons (Fsp3) is 0.0833. The summed E-state index contributed by atoms with van der Waals surface area (Å²) in [6, 6.07) is 6.88. The third kappa shape index (κ3) is 1.94. The third-order valence-corrected chi connectivity index (χ3v) is 2.88. The zero-order chi connectivity index (χ0) is 13.3. The minimum Gasteiger partial charge on any atom is -0.365 e. The van der Waals surface area contributed by atoms with Gasteiger partial charge in [-0.15, -0.1) is 0 Å². The van der Waals surface area contributed by atoms with Crippen LogP contribution in [0.15, 0.2) is 24.4 Å². The first-order chi connectivity index (χ1) is 8.54. The summed E-state index contributed by atoms with van der Waals surface area (Å²) in [5.41, 5.74) is 7.24. The van der Waals surface area contributed by atoms with Gasteiger partial charge in [-0.3, -0.25) is 9.48 Å². The van der Waals surface area contributed by atoms with Gasteiger partial charge in [-0.1, -0.05) is 17.7 Å². The molecule has 0 radical (unpaired) electrons. The second-order valence-electron chi connectivity index (χ2n) is 3.70. The number of aryl methyl sites for hydroxylation is 1. The number of nitrogens with two attached hydrogens (primary N) is 1. The fourth-order valence-electron chi connectivity index (χ4n) is 1.71. The number of carbonyl (C=O) groups excluding carboxylic acids is 1. The molecule has 6 heteroatoms. The van der Waals surface area contributed by atoms with Crippen molar-refractivity contribution in [2.75, 3.05) is 0 Å². The van der Waals surface area contributed by atoms with Crippen molar-refractivity contribution in [3.63, 3.8) is 0 Å². The first-order valence-corrected chi connectivity index (χ1v) is 5.44. The monoisotopic (exact) mass is 260 g/mol. The lowest BCUT2D eigenvalue weighted by Crippen LogP contribution is -2.11. The van der Waals surface area contributed by atoms with Crippen LogP contribution in [0, 0.1) is 11.3 Å². The first-order valence-electron chi connectivity index (χ1n) is 5.06. The van der Waals surface area contributed by atoms with Crippen molar-refractivity contribution in [1.82, 2.24) is 9.78 Å². The standard InChI is InChI=1S/C12H9ClN4O/c1-17-11(9(6-16-17)12(15)18)7-2-3-8(5-14)10(13)4-7/h2-4,6H,1H3,(H2,15,18). The molecule has 2 aromatic rings. The minimum atomic E-state index is -0.557. The molecule has 0 atom stereocenters. The third-order valence-electron chi connectivity index (χ3n) is 2.57. The molecule has 2 N–H and O–H groups in total. The van der Waals surface area contributed by atoms with E-state index in [9.17, 15) is 4.79 Å². The molecule has 1 aromatic heterocycles. The Morgan fingerprint density at radius 3 is 2.83 bits per heavy atom. The number of hydrogen-bond donors (Lipinski definition) is 1. The quantitative estimate of drug-likeness (QED) is 0.892. The predicted molar refractivity (Wildman–Crippen MR) is 66.9 cm³/mol. The normalized spacial score (nSPS) is 10.1. The minimum absolute atomic E-state index is 0.318. The summed E-state index contributed by atoms with van der Waals surface area (Å²) in [7, 11) is 1.70. The molecule has 0 bridgehead atoms. The van der Waals surface area contributed by atoms with Crippen LogP contribution in [0.25, 0.3) is 11.3 Å². The van der Waals surface area contributed by atoms with Crippen LogP contribution in [-0.2, 0) is 7.05 Å². The first kappa shape index (κ1) is 12.1. The van der Waals surface area contributed by atoms with Gasteiger partial charge in [-0.2, -0.15) is 10.4 Å². The molecule has 0 unspecified atom stereocenters. The van der Waals surface area contributed by atoms with Gasteiger partial charge in [0.2, 0.25) is 0 Å². The van der Waals surface area contributed by atoms with Gasteiger partial charge in [0, 0.05) is 12.6 Å². The van der Waals surface area contributed by atoms with E-state index < -0.39 is 5.91 Å². The number of aromatic nitrogens is 2. The van der Waals surface area contributed by atoms with Gasteiger partial charge in [0.1, 0.15) is 6.07 Å². The summed E-state index contributed by atoms with van der Waals surface area (Å²) >= 11 is 5.96. The zero-order valence-electron chi connectivity index (χ0n) is 9.51. The predicted octanol–water partition coefficient (Wildman–Crippen LogP) is 1.71. The van der Waals surface area contributed by atoms with Crippen LogP contribution < -0.4 is 5.73 Å². The van der Waals surface area contributed by atoms with Gasteiger partial charge in [-0.05, 0) is 12.1 Å². The van der Waals surface area contributed by atoms with Crippen molar-refractivity contribution in [3.8, 4) is 17.3 Å². The maximum atomic E-state index is 11.3. The largest absolute Gasteiger partial charge is 0.365 e. The molecule has 0 saturated carbocycles. The molecule has 18 heavy (non-hydrogen) atoms. The van der Waals surface area contributed by atoms with Crippen molar-refractivity contribution in [3.05, 3.63) is 40.5 Å². The van der Waals surface area contributed by atoms with Crippen molar-refractivity contribution >= 4 is 17.5 Å². The van der Waals surface area contributed by atoms with Crippen molar-refractivity contribution < 1.29 is 4.79 Å². The van der Waals surface area contributed by atoms with E-state index in [0.717, 1.165) is 0 Å². The second-order valence-corrected chi connectivity index (χ2v) is 4.11.